The van der Waals surface area contributed by atoms with Gasteiger partial charge in [0.2, 0.25) is 5.91 Å². The topological polar surface area (TPSA) is 49.6 Å². The second-order valence-corrected chi connectivity index (χ2v) is 5.54. The first-order valence-corrected chi connectivity index (χ1v) is 6.40. The summed E-state index contributed by atoms with van der Waals surface area (Å²) in [5.74, 6) is 0.632. The summed E-state index contributed by atoms with van der Waals surface area (Å²) in [5, 5.41) is 0. The number of carbonyl (C=O) groups is 1. The third-order valence-electron chi connectivity index (χ3n) is 2.59. The molecule has 0 fully saturated rings. The molecular weight excluding hydrogens is 234 g/mol. The van der Waals surface area contributed by atoms with Crippen molar-refractivity contribution in [1.29, 1.82) is 0 Å². The molecule has 0 heterocycles. The maximum atomic E-state index is 11.9. The Labute approximate surface area is 110 Å². The largest absolute Gasteiger partial charge is 0.393 e. The van der Waals surface area contributed by atoms with Crippen molar-refractivity contribution in [2.24, 2.45) is 11.7 Å². The van der Waals surface area contributed by atoms with Crippen LogP contribution in [-0.4, -0.2) is 53.9 Å². The number of carbonyl (C=O) groups excluding carboxylic acids is 1. The van der Waals surface area contributed by atoms with E-state index in [0.717, 1.165) is 13.1 Å². The van der Waals surface area contributed by atoms with Crippen LogP contribution in [0.15, 0.2) is 0 Å². The third kappa shape index (κ3) is 6.58. The number of likely N-dealkylation sites (N-methyl/N-ethyl adjacent to an activating group) is 1. The van der Waals surface area contributed by atoms with Crippen LogP contribution < -0.4 is 5.73 Å². The Bertz CT molecular complexity index is 266. The molecule has 0 saturated heterocycles. The van der Waals surface area contributed by atoms with Gasteiger partial charge in [-0.2, -0.15) is 0 Å². The SMILES string of the molecule is CC(C)CN(CCC(N)=S)C(C)C(=O)N(C)C. The highest BCUT2D eigenvalue weighted by molar-refractivity contribution is 7.80. The summed E-state index contributed by atoms with van der Waals surface area (Å²) in [6.07, 6.45) is 0.660. The molecule has 1 atom stereocenters. The summed E-state index contributed by atoms with van der Waals surface area (Å²) in [4.78, 5) is 16.2. The zero-order chi connectivity index (χ0) is 13.6. The van der Waals surface area contributed by atoms with Crippen LogP contribution in [0.25, 0.3) is 0 Å². The minimum atomic E-state index is -0.123. The Morgan fingerprint density at radius 2 is 1.82 bits per heavy atom. The zero-order valence-electron chi connectivity index (χ0n) is 11.6. The maximum Gasteiger partial charge on any atom is 0.239 e. The lowest BCUT2D eigenvalue weighted by molar-refractivity contribution is -0.134. The Hall–Kier alpha value is -0.680. The van der Waals surface area contributed by atoms with Crippen molar-refractivity contribution in [3.8, 4) is 0 Å². The summed E-state index contributed by atoms with van der Waals surface area (Å²) in [5.41, 5.74) is 5.52. The smallest absolute Gasteiger partial charge is 0.239 e. The number of hydrogen-bond donors (Lipinski definition) is 1. The fraction of sp³-hybridized carbons (Fsp3) is 0.833. The molecule has 0 aromatic rings. The second-order valence-electron chi connectivity index (χ2n) is 5.01. The van der Waals surface area contributed by atoms with Gasteiger partial charge in [0.05, 0.1) is 11.0 Å². The molecule has 0 aliphatic heterocycles. The van der Waals surface area contributed by atoms with E-state index < -0.39 is 0 Å². The molecule has 0 aliphatic carbocycles. The van der Waals surface area contributed by atoms with Gasteiger partial charge in [-0.1, -0.05) is 26.1 Å². The second kappa shape index (κ2) is 7.61. The van der Waals surface area contributed by atoms with Crippen molar-refractivity contribution in [2.75, 3.05) is 27.2 Å². The molecule has 0 aliphatic rings. The highest BCUT2D eigenvalue weighted by Crippen LogP contribution is 2.07. The molecular formula is C12H25N3OS. The van der Waals surface area contributed by atoms with Gasteiger partial charge in [0.1, 0.15) is 0 Å². The Morgan fingerprint density at radius 3 is 2.18 bits per heavy atom. The number of nitrogens with zero attached hydrogens (tertiary/aromatic N) is 2. The Balaban J connectivity index is 4.54. The number of nitrogens with two attached hydrogens (primary N) is 1. The van der Waals surface area contributed by atoms with Gasteiger partial charge < -0.3 is 10.6 Å². The molecule has 1 amide bonds. The van der Waals surface area contributed by atoms with Crippen LogP contribution in [0.2, 0.25) is 0 Å². The molecule has 0 bridgehead atoms. The van der Waals surface area contributed by atoms with Gasteiger partial charge in [-0.25, -0.2) is 0 Å². The molecule has 0 aromatic heterocycles. The normalized spacial score (nSPS) is 12.9. The van der Waals surface area contributed by atoms with Crippen LogP contribution in [0.5, 0.6) is 0 Å². The van der Waals surface area contributed by atoms with E-state index >= 15 is 0 Å². The van der Waals surface area contributed by atoms with E-state index in [0.29, 0.717) is 17.3 Å². The third-order valence-corrected chi connectivity index (χ3v) is 2.80. The summed E-state index contributed by atoms with van der Waals surface area (Å²) in [6, 6.07) is -0.123. The van der Waals surface area contributed by atoms with Crippen LogP contribution in [0, 0.1) is 5.92 Å². The molecule has 0 spiro atoms. The first-order chi connectivity index (χ1) is 7.75. The van der Waals surface area contributed by atoms with Gasteiger partial charge in [0.15, 0.2) is 0 Å². The van der Waals surface area contributed by atoms with Gasteiger partial charge in [-0.3, -0.25) is 9.69 Å². The fourth-order valence-electron chi connectivity index (χ4n) is 1.70. The minimum Gasteiger partial charge on any atom is -0.393 e. The van der Waals surface area contributed by atoms with Gasteiger partial charge >= 0.3 is 0 Å². The Morgan fingerprint density at radius 1 is 1.29 bits per heavy atom. The number of thiocarbonyl (C=S) groups is 1. The molecule has 100 valence electrons. The van der Waals surface area contributed by atoms with E-state index in [1.54, 1.807) is 19.0 Å². The fourth-order valence-corrected chi connectivity index (χ4v) is 1.79. The van der Waals surface area contributed by atoms with Crippen molar-refractivity contribution in [1.82, 2.24) is 9.80 Å². The number of hydrogen-bond acceptors (Lipinski definition) is 3. The van der Waals surface area contributed by atoms with E-state index in [-0.39, 0.29) is 11.9 Å². The quantitative estimate of drug-likeness (QED) is 0.696. The van der Waals surface area contributed by atoms with Crippen LogP contribution in [-0.2, 0) is 4.79 Å². The number of rotatable bonds is 7. The van der Waals surface area contributed by atoms with Crippen molar-refractivity contribution < 1.29 is 4.79 Å². The van der Waals surface area contributed by atoms with Crippen molar-refractivity contribution in [3.63, 3.8) is 0 Å². The first kappa shape index (κ1) is 16.3. The predicted molar refractivity (Wildman–Crippen MR) is 76.0 cm³/mol. The van der Waals surface area contributed by atoms with E-state index in [1.165, 1.54) is 0 Å². The summed E-state index contributed by atoms with van der Waals surface area (Å²) in [6.45, 7) is 7.84. The first-order valence-electron chi connectivity index (χ1n) is 5.99. The molecule has 2 N–H and O–H groups in total. The average Bonchev–Trinajstić information content (AvgIpc) is 2.21. The van der Waals surface area contributed by atoms with Gasteiger partial charge in [0, 0.05) is 33.6 Å². The predicted octanol–water partition coefficient (Wildman–Crippen LogP) is 1.10. The monoisotopic (exact) mass is 259 g/mol. The Kier molecular flexibility index (Phi) is 7.30. The molecule has 0 rings (SSSR count). The summed E-state index contributed by atoms with van der Waals surface area (Å²) < 4.78 is 0. The highest BCUT2D eigenvalue weighted by atomic mass is 32.1. The molecule has 4 nitrogen and oxygen atoms in total. The van der Waals surface area contributed by atoms with Gasteiger partial charge in [0.25, 0.3) is 0 Å². The van der Waals surface area contributed by atoms with E-state index in [9.17, 15) is 4.79 Å². The summed E-state index contributed by atoms with van der Waals surface area (Å²) >= 11 is 4.89. The van der Waals surface area contributed by atoms with Crippen LogP contribution in [0.1, 0.15) is 27.2 Å². The standard InChI is InChI=1S/C12H25N3OS/c1-9(2)8-15(7-6-11(13)17)10(3)12(16)14(4)5/h9-10H,6-8H2,1-5H3,(H2,13,17). The van der Waals surface area contributed by atoms with Crippen molar-refractivity contribution in [3.05, 3.63) is 0 Å². The molecule has 0 aromatic carbocycles. The van der Waals surface area contributed by atoms with Crippen molar-refractivity contribution in [2.45, 2.75) is 33.2 Å². The maximum absolute atomic E-state index is 11.9. The lowest BCUT2D eigenvalue weighted by atomic mass is 10.1. The van der Waals surface area contributed by atoms with E-state index in [1.807, 2.05) is 6.92 Å². The van der Waals surface area contributed by atoms with E-state index in [2.05, 4.69) is 18.7 Å². The molecule has 0 saturated carbocycles. The number of amides is 1. The molecule has 17 heavy (non-hydrogen) atoms. The van der Waals surface area contributed by atoms with Crippen LogP contribution >= 0.6 is 12.2 Å². The van der Waals surface area contributed by atoms with Crippen LogP contribution in [0.4, 0.5) is 0 Å². The van der Waals surface area contributed by atoms with E-state index in [4.69, 9.17) is 18.0 Å². The van der Waals surface area contributed by atoms with Gasteiger partial charge in [-0.05, 0) is 12.8 Å². The zero-order valence-corrected chi connectivity index (χ0v) is 12.4. The lowest BCUT2D eigenvalue weighted by Gasteiger charge is -2.31. The highest BCUT2D eigenvalue weighted by Gasteiger charge is 2.23. The minimum absolute atomic E-state index is 0.119. The molecule has 5 heteroatoms. The van der Waals surface area contributed by atoms with Gasteiger partial charge in [-0.15, -0.1) is 0 Å². The summed E-state index contributed by atoms with van der Waals surface area (Å²) in [7, 11) is 3.56. The van der Waals surface area contributed by atoms with Crippen molar-refractivity contribution >= 4 is 23.1 Å². The van der Waals surface area contributed by atoms with Crippen LogP contribution in [0.3, 0.4) is 0 Å². The molecule has 0 radical (unpaired) electrons. The average molecular weight is 259 g/mol. The lowest BCUT2D eigenvalue weighted by Crippen LogP contribution is -2.46. The molecule has 1 unspecified atom stereocenters.